The molecule has 0 spiro atoms. The van der Waals surface area contributed by atoms with Crippen molar-refractivity contribution in [1.82, 2.24) is 4.57 Å². The molecule has 0 amide bonds. The molecule has 0 aliphatic carbocycles. The molecule has 16 heavy (non-hydrogen) atoms. The molecule has 1 aromatic heterocycles. The smallest absolute Gasteiger partial charge is 0.0491 e. The minimum Gasteiger partial charge on any atom is -0.341 e. The van der Waals surface area contributed by atoms with Gasteiger partial charge in [-0.3, -0.25) is 0 Å². The minimum atomic E-state index is 0.980. The molecular formula is C15H17N. The van der Waals surface area contributed by atoms with Gasteiger partial charge in [-0.1, -0.05) is 36.9 Å². The van der Waals surface area contributed by atoms with E-state index in [0.29, 0.717) is 0 Å². The molecule has 0 atom stereocenters. The molecule has 0 saturated carbocycles. The van der Waals surface area contributed by atoms with Crippen LogP contribution in [-0.4, -0.2) is 4.57 Å². The number of allylic oxidation sites excluding steroid dienone is 1. The van der Waals surface area contributed by atoms with Gasteiger partial charge in [-0.15, -0.1) is 0 Å². The van der Waals surface area contributed by atoms with Crippen LogP contribution in [-0.2, 0) is 6.54 Å². The van der Waals surface area contributed by atoms with E-state index < -0.39 is 0 Å². The first kappa shape index (κ1) is 10.7. The Morgan fingerprint density at radius 3 is 2.69 bits per heavy atom. The summed E-state index contributed by atoms with van der Waals surface area (Å²) in [5, 5.41) is 1.28. The summed E-state index contributed by atoms with van der Waals surface area (Å²) in [7, 11) is 0. The Morgan fingerprint density at radius 1 is 1.31 bits per heavy atom. The van der Waals surface area contributed by atoms with Crippen molar-refractivity contribution in [3.63, 3.8) is 0 Å². The van der Waals surface area contributed by atoms with Crippen LogP contribution in [0.15, 0.2) is 36.9 Å². The van der Waals surface area contributed by atoms with Crippen molar-refractivity contribution in [2.45, 2.75) is 20.4 Å². The van der Waals surface area contributed by atoms with Crippen molar-refractivity contribution in [1.29, 1.82) is 0 Å². The van der Waals surface area contributed by atoms with E-state index >= 15 is 0 Å². The number of rotatable bonds is 3. The van der Waals surface area contributed by atoms with Crippen LogP contribution in [0.1, 0.15) is 25.1 Å². The van der Waals surface area contributed by atoms with Crippen molar-refractivity contribution in [2.75, 3.05) is 0 Å². The van der Waals surface area contributed by atoms with Gasteiger partial charge in [-0.2, -0.15) is 0 Å². The van der Waals surface area contributed by atoms with Crippen molar-refractivity contribution >= 4 is 23.1 Å². The lowest BCUT2D eigenvalue weighted by molar-refractivity contribution is 0.789. The minimum absolute atomic E-state index is 0.980. The highest BCUT2D eigenvalue weighted by Crippen LogP contribution is 2.28. The molecule has 2 rings (SSSR count). The monoisotopic (exact) mass is 211 g/mol. The van der Waals surface area contributed by atoms with E-state index in [0.717, 1.165) is 6.54 Å². The third kappa shape index (κ3) is 1.49. The zero-order chi connectivity index (χ0) is 11.5. The van der Waals surface area contributed by atoms with Gasteiger partial charge in [-0.05, 0) is 26.0 Å². The molecule has 0 bridgehead atoms. The molecule has 0 unspecified atom stereocenters. The molecule has 1 nitrogen and oxygen atoms in total. The summed E-state index contributed by atoms with van der Waals surface area (Å²) in [6.07, 6.45) is 6.18. The number of benzene rings is 1. The zero-order valence-electron chi connectivity index (χ0n) is 9.90. The van der Waals surface area contributed by atoms with Crippen LogP contribution in [0.25, 0.3) is 23.1 Å². The van der Waals surface area contributed by atoms with Crippen LogP contribution in [0.3, 0.4) is 0 Å². The SMILES string of the molecule is C=Cc1c(/C=C\C)n(CC)c2ccccc12. The number of hydrogen-bond acceptors (Lipinski definition) is 0. The number of fused-ring (bicyclic) bond motifs is 1. The Labute approximate surface area is 96.7 Å². The summed E-state index contributed by atoms with van der Waals surface area (Å²) in [4.78, 5) is 0. The lowest BCUT2D eigenvalue weighted by atomic mass is 10.1. The fourth-order valence-electron chi connectivity index (χ4n) is 2.24. The Hall–Kier alpha value is -1.76. The zero-order valence-corrected chi connectivity index (χ0v) is 9.90. The Kier molecular flexibility index (Phi) is 2.95. The van der Waals surface area contributed by atoms with Crippen LogP contribution in [0.5, 0.6) is 0 Å². The summed E-state index contributed by atoms with van der Waals surface area (Å²) in [5.74, 6) is 0. The van der Waals surface area contributed by atoms with Crippen molar-refractivity contribution < 1.29 is 0 Å². The average Bonchev–Trinajstić information content (AvgIpc) is 2.62. The topological polar surface area (TPSA) is 4.93 Å². The largest absolute Gasteiger partial charge is 0.341 e. The quantitative estimate of drug-likeness (QED) is 0.711. The second-order valence-corrected chi connectivity index (χ2v) is 3.76. The molecule has 0 aliphatic heterocycles. The van der Waals surface area contributed by atoms with E-state index in [1.165, 1.54) is 22.2 Å². The van der Waals surface area contributed by atoms with Crippen molar-refractivity contribution in [3.05, 3.63) is 48.2 Å². The Morgan fingerprint density at radius 2 is 2.06 bits per heavy atom. The van der Waals surface area contributed by atoms with Gasteiger partial charge in [0.05, 0.1) is 0 Å². The third-order valence-electron chi connectivity index (χ3n) is 2.90. The van der Waals surface area contributed by atoms with Crippen molar-refractivity contribution in [2.24, 2.45) is 0 Å². The number of nitrogens with zero attached hydrogens (tertiary/aromatic N) is 1. The van der Waals surface area contributed by atoms with Crippen LogP contribution < -0.4 is 0 Å². The van der Waals surface area contributed by atoms with E-state index in [1.54, 1.807) is 0 Å². The molecule has 0 fully saturated rings. The highest BCUT2D eigenvalue weighted by molar-refractivity contribution is 5.93. The molecule has 1 heterocycles. The van der Waals surface area contributed by atoms with Crippen LogP contribution in [0, 0.1) is 0 Å². The Balaban J connectivity index is 2.89. The van der Waals surface area contributed by atoms with Gasteiger partial charge in [0.25, 0.3) is 0 Å². The molecule has 0 radical (unpaired) electrons. The van der Waals surface area contributed by atoms with E-state index in [4.69, 9.17) is 0 Å². The van der Waals surface area contributed by atoms with Gasteiger partial charge in [0.2, 0.25) is 0 Å². The summed E-state index contributed by atoms with van der Waals surface area (Å²) in [6.45, 7) is 9.12. The first-order valence-electron chi connectivity index (χ1n) is 5.69. The maximum atomic E-state index is 3.92. The van der Waals surface area contributed by atoms with Crippen LogP contribution >= 0.6 is 0 Å². The van der Waals surface area contributed by atoms with E-state index in [1.807, 2.05) is 13.0 Å². The van der Waals surface area contributed by atoms with E-state index in [2.05, 4.69) is 54.5 Å². The van der Waals surface area contributed by atoms with Gasteiger partial charge >= 0.3 is 0 Å². The third-order valence-corrected chi connectivity index (χ3v) is 2.90. The average molecular weight is 211 g/mol. The highest BCUT2D eigenvalue weighted by Gasteiger charge is 2.10. The van der Waals surface area contributed by atoms with E-state index in [-0.39, 0.29) is 0 Å². The molecular weight excluding hydrogens is 194 g/mol. The lowest BCUT2D eigenvalue weighted by Gasteiger charge is -2.04. The fourth-order valence-corrected chi connectivity index (χ4v) is 2.24. The number of aryl methyl sites for hydroxylation is 1. The molecule has 1 aromatic carbocycles. The standard InChI is InChI=1S/C15H17N/c1-4-9-14-12(5-2)13-10-7-8-11-15(13)16(14)6-3/h4-5,7-11H,2,6H2,1,3H3/b9-4-. The summed E-state index contributed by atoms with van der Waals surface area (Å²) >= 11 is 0. The first-order valence-corrected chi connectivity index (χ1v) is 5.69. The van der Waals surface area contributed by atoms with Crippen molar-refractivity contribution in [3.8, 4) is 0 Å². The maximum absolute atomic E-state index is 3.92. The molecule has 0 aliphatic rings. The molecule has 0 N–H and O–H groups in total. The van der Waals surface area contributed by atoms with Gasteiger partial charge in [0.1, 0.15) is 0 Å². The fraction of sp³-hybridized carbons (Fsp3) is 0.200. The summed E-state index contributed by atoms with van der Waals surface area (Å²) < 4.78 is 2.33. The van der Waals surface area contributed by atoms with Crippen LogP contribution in [0.4, 0.5) is 0 Å². The second-order valence-electron chi connectivity index (χ2n) is 3.76. The highest BCUT2D eigenvalue weighted by atomic mass is 15.0. The molecule has 1 heteroatoms. The Bertz CT molecular complexity index is 544. The first-order chi connectivity index (χ1) is 7.83. The normalized spacial score (nSPS) is 11.4. The van der Waals surface area contributed by atoms with Crippen LogP contribution in [0.2, 0.25) is 0 Å². The predicted molar refractivity (Wildman–Crippen MR) is 72.4 cm³/mol. The maximum Gasteiger partial charge on any atom is 0.0491 e. The number of aromatic nitrogens is 1. The van der Waals surface area contributed by atoms with Gasteiger partial charge in [-0.25, -0.2) is 0 Å². The predicted octanol–water partition coefficient (Wildman–Crippen LogP) is 4.34. The van der Waals surface area contributed by atoms with Gasteiger partial charge < -0.3 is 4.57 Å². The summed E-state index contributed by atoms with van der Waals surface area (Å²) in [6, 6.07) is 8.49. The second kappa shape index (κ2) is 4.40. The number of hydrogen-bond donors (Lipinski definition) is 0. The lowest BCUT2D eigenvalue weighted by Crippen LogP contribution is -1.96. The molecule has 2 aromatic rings. The molecule has 0 saturated heterocycles. The van der Waals surface area contributed by atoms with E-state index in [9.17, 15) is 0 Å². The molecule has 82 valence electrons. The number of para-hydroxylation sites is 1. The summed E-state index contributed by atoms with van der Waals surface area (Å²) in [5.41, 5.74) is 3.77. The van der Waals surface area contributed by atoms with Gasteiger partial charge in [0, 0.05) is 28.7 Å². The van der Waals surface area contributed by atoms with Gasteiger partial charge in [0.15, 0.2) is 0 Å².